The second-order valence-corrected chi connectivity index (χ2v) is 6.23. The Balaban J connectivity index is 1.86. The van der Waals surface area contributed by atoms with Gasteiger partial charge in [0, 0.05) is 13.1 Å². The lowest BCUT2D eigenvalue weighted by Crippen LogP contribution is -2.41. The molecule has 96 valence electrons. The van der Waals surface area contributed by atoms with Crippen LogP contribution in [0.4, 0.5) is 0 Å². The molecule has 2 atom stereocenters. The molecule has 0 radical (unpaired) electrons. The summed E-state index contributed by atoms with van der Waals surface area (Å²) >= 11 is 0. The summed E-state index contributed by atoms with van der Waals surface area (Å²) in [6.45, 7) is 7.94. The van der Waals surface area contributed by atoms with E-state index in [9.17, 15) is 0 Å². The lowest BCUT2D eigenvalue weighted by Gasteiger charge is -2.39. The summed E-state index contributed by atoms with van der Waals surface area (Å²) in [5.74, 6) is 1.76. The van der Waals surface area contributed by atoms with Crippen LogP contribution in [0.3, 0.4) is 0 Å². The van der Waals surface area contributed by atoms with E-state index in [0.717, 1.165) is 18.3 Å². The summed E-state index contributed by atoms with van der Waals surface area (Å²) in [5.41, 5.74) is 0.516. The van der Waals surface area contributed by atoms with Crippen molar-refractivity contribution in [3.63, 3.8) is 0 Å². The molecule has 0 bridgehead atoms. The number of rotatable bonds is 3. The van der Waals surface area contributed by atoms with Crippen molar-refractivity contribution in [1.82, 2.24) is 20.1 Å². The van der Waals surface area contributed by atoms with Gasteiger partial charge in [0.2, 0.25) is 0 Å². The van der Waals surface area contributed by atoms with Gasteiger partial charge in [0.15, 0.2) is 0 Å². The third kappa shape index (κ3) is 3.06. The lowest BCUT2D eigenvalue weighted by atomic mass is 9.70. The Morgan fingerprint density at radius 1 is 1.53 bits per heavy atom. The molecule has 1 heterocycles. The highest BCUT2D eigenvalue weighted by Gasteiger charge is 2.31. The van der Waals surface area contributed by atoms with Crippen molar-refractivity contribution in [3.8, 4) is 0 Å². The van der Waals surface area contributed by atoms with Gasteiger partial charge in [-0.05, 0) is 30.6 Å². The minimum absolute atomic E-state index is 0.516. The molecule has 1 N–H and O–H groups in total. The maximum Gasteiger partial charge on any atom is 0.146 e. The van der Waals surface area contributed by atoms with Crippen LogP contribution in [-0.4, -0.2) is 20.8 Å². The molecule has 0 aliphatic heterocycles. The number of hydrogen-bond donors (Lipinski definition) is 1. The number of aryl methyl sites for hydroxylation is 1. The molecule has 0 amide bonds. The fourth-order valence-electron chi connectivity index (χ4n) is 2.94. The van der Waals surface area contributed by atoms with Crippen LogP contribution in [0, 0.1) is 11.3 Å². The van der Waals surface area contributed by atoms with Crippen molar-refractivity contribution in [2.75, 3.05) is 0 Å². The van der Waals surface area contributed by atoms with Gasteiger partial charge in [0.1, 0.15) is 12.2 Å². The topological polar surface area (TPSA) is 42.7 Å². The quantitative estimate of drug-likeness (QED) is 0.874. The standard InChI is InChI=1S/C13H24N4/c1-10-7-13(2,3)6-5-11(10)14-8-12-16-15-9-17(12)4/h9-11,14H,5-8H2,1-4H3. The second kappa shape index (κ2) is 4.77. The van der Waals surface area contributed by atoms with Crippen molar-refractivity contribution in [3.05, 3.63) is 12.2 Å². The van der Waals surface area contributed by atoms with Gasteiger partial charge in [-0.15, -0.1) is 10.2 Å². The maximum absolute atomic E-state index is 4.10. The van der Waals surface area contributed by atoms with E-state index >= 15 is 0 Å². The van der Waals surface area contributed by atoms with Gasteiger partial charge in [0.05, 0.1) is 6.54 Å². The predicted octanol–water partition coefficient (Wildman–Crippen LogP) is 2.12. The van der Waals surface area contributed by atoms with Crippen molar-refractivity contribution in [1.29, 1.82) is 0 Å². The van der Waals surface area contributed by atoms with Crippen molar-refractivity contribution in [2.24, 2.45) is 18.4 Å². The van der Waals surface area contributed by atoms with Gasteiger partial charge < -0.3 is 9.88 Å². The van der Waals surface area contributed by atoms with Gasteiger partial charge in [-0.25, -0.2) is 0 Å². The summed E-state index contributed by atoms with van der Waals surface area (Å²) < 4.78 is 1.98. The predicted molar refractivity (Wildman–Crippen MR) is 68.4 cm³/mol. The molecule has 17 heavy (non-hydrogen) atoms. The Kier molecular flexibility index (Phi) is 3.52. The molecule has 1 aromatic rings. The fraction of sp³-hybridized carbons (Fsp3) is 0.846. The molecule has 1 aliphatic rings. The van der Waals surface area contributed by atoms with E-state index in [-0.39, 0.29) is 0 Å². The van der Waals surface area contributed by atoms with Crippen LogP contribution in [0.5, 0.6) is 0 Å². The molecule has 1 fully saturated rings. The number of hydrogen-bond acceptors (Lipinski definition) is 3. The zero-order valence-corrected chi connectivity index (χ0v) is 11.4. The SMILES string of the molecule is CC1CC(C)(C)CCC1NCc1nncn1C. The number of aromatic nitrogens is 3. The van der Waals surface area contributed by atoms with E-state index < -0.39 is 0 Å². The monoisotopic (exact) mass is 236 g/mol. The second-order valence-electron chi connectivity index (χ2n) is 6.23. The van der Waals surface area contributed by atoms with Crippen molar-refractivity contribution < 1.29 is 0 Å². The van der Waals surface area contributed by atoms with Crippen LogP contribution in [0.2, 0.25) is 0 Å². The normalized spacial score (nSPS) is 28.2. The first-order valence-electron chi connectivity index (χ1n) is 6.54. The zero-order valence-electron chi connectivity index (χ0n) is 11.4. The van der Waals surface area contributed by atoms with E-state index in [1.54, 1.807) is 6.33 Å². The van der Waals surface area contributed by atoms with Gasteiger partial charge in [0.25, 0.3) is 0 Å². The van der Waals surface area contributed by atoms with Crippen LogP contribution in [0.25, 0.3) is 0 Å². The largest absolute Gasteiger partial charge is 0.320 e. The van der Waals surface area contributed by atoms with Crippen LogP contribution < -0.4 is 5.32 Å². The van der Waals surface area contributed by atoms with Crippen LogP contribution in [0.15, 0.2) is 6.33 Å². The molecule has 1 aromatic heterocycles. The molecule has 2 rings (SSSR count). The van der Waals surface area contributed by atoms with E-state index in [1.807, 2.05) is 11.6 Å². The Hall–Kier alpha value is -0.900. The Morgan fingerprint density at radius 2 is 2.29 bits per heavy atom. The van der Waals surface area contributed by atoms with Gasteiger partial charge in [-0.2, -0.15) is 0 Å². The Labute approximate surface area is 104 Å². The summed E-state index contributed by atoms with van der Waals surface area (Å²) in [7, 11) is 1.99. The van der Waals surface area contributed by atoms with E-state index in [0.29, 0.717) is 11.5 Å². The first kappa shape index (κ1) is 12.6. The average molecular weight is 236 g/mol. The van der Waals surface area contributed by atoms with Crippen LogP contribution >= 0.6 is 0 Å². The van der Waals surface area contributed by atoms with Gasteiger partial charge in [-0.1, -0.05) is 20.8 Å². The molecule has 1 aliphatic carbocycles. The molecule has 4 heteroatoms. The smallest absolute Gasteiger partial charge is 0.146 e. The summed E-state index contributed by atoms with van der Waals surface area (Å²) in [6, 6.07) is 0.625. The first-order valence-corrected chi connectivity index (χ1v) is 6.54. The van der Waals surface area contributed by atoms with Crippen molar-refractivity contribution >= 4 is 0 Å². The summed E-state index contributed by atoms with van der Waals surface area (Å²) in [5, 5.41) is 11.6. The number of nitrogens with one attached hydrogen (secondary N) is 1. The third-order valence-corrected chi connectivity index (χ3v) is 4.02. The van der Waals surface area contributed by atoms with E-state index in [4.69, 9.17) is 0 Å². The van der Waals surface area contributed by atoms with Crippen molar-refractivity contribution in [2.45, 2.75) is 52.6 Å². The number of nitrogens with zero attached hydrogens (tertiary/aromatic N) is 3. The average Bonchev–Trinajstić information content (AvgIpc) is 2.62. The molecular formula is C13H24N4. The molecule has 0 spiro atoms. The first-order chi connectivity index (χ1) is 7.98. The van der Waals surface area contributed by atoms with Gasteiger partial charge >= 0.3 is 0 Å². The maximum atomic E-state index is 4.10. The highest BCUT2D eigenvalue weighted by Crippen LogP contribution is 2.38. The summed E-state index contributed by atoms with van der Waals surface area (Å²) in [6.07, 6.45) is 5.65. The molecule has 0 saturated heterocycles. The van der Waals surface area contributed by atoms with E-state index in [1.165, 1.54) is 19.3 Å². The molecule has 4 nitrogen and oxygen atoms in total. The molecule has 2 unspecified atom stereocenters. The van der Waals surface area contributed by atoms with Crippen LogP contribution in [-0.2, 0) is 13.6 Å². The Morgan fingerprint density at radius 3 is 2.88 bits per heavy atom. The molecule has 0 aromatic carbocycles. The lowest BCUT2D eigenvalue weighted by molar-refractivity contribution is 0.147. The highest BCUT2D eigenvalue weighted by molar-refractivity contribution is 4.90. The zero-order chi connectivity index (χ0) is 12.5. The minimum atomic E-state index is 0.516. The Bertz CT molecular complexity index is 369. The summed E-state index contributed by atoms with van der Waals surface area (Å²) in [4.78, 5) is 0. The highest BCUT2D eigenvalue weighted by atomic mass is 15.3. The molecular weight excluding hydrogens is 212 g/mol. The van der Waals surface area contributed by atoms with Gasteiger partial charge in [-0.3, -0.25) is 0 Å². The third-order valence-electron chi connectivity index (χ3n) is 4.02. The van der Waals surface area contributed by atoms with E-state index in [2.05, 4.69) is 36.3 Å². The van der Waals surface area contributed by atoms with Crippen LogP contribution in [0.1, 0.15) is 45.9 Å². The molecule has 1 saturated carbocycles. The minimum Gasteiger partial charge on any atom is -0.320 e. The fourth-order valence-corrected chi connectivity index (χ4v) is 2.94.